The summed E-state index contributed by atoms with van der Waals surface area (Å²) in [6.45, 7) is 2.87. The maximum absolute atomic E-state index is 10.9. The zero-order valence-electron chi connectivity index (χ0n) is 11.0. The summed E-state index contributed by atoms with van der Waals surface area (Å²) in [5.41, 5.74) is -0.133. The summed E-state index contributed by atoms with van der Waals surface area (Å²) in [4.78, 5) is 20.5. The van der Waals surface area contributed by atoms with Crippen molar-refractivity contribution in [3.8, 4) is 0 Å². The van der Waals surface area contributed by atoms with Crippen molar-refractivity contribution in [3.05, 3.63) is 21.6 Å². The lowest BCUT2D eigenvalue weighted by molar-refractivity contribution is -0.384. The van der Waals surface area contributed by atoms with Crippen LogP contribution in [0.2, 0.25) is 5.28 Å². The normalized spacial score (nSPS) is 22.9. The van der Waals surface area contributed by atoms with Gasteiger partial charge in [-0.1, -0.05) is 0 Å². The monoisotopic (exact) mass is 297 g/mol. The third-order valence-electron chi connectivity index (χ3n) is 3.88. The average Bonchev–Trinajstić information content (AvgIpc) is 3.15. The van der Waals surface area contributed by atoms with E-state index in [-0.39, 0.29) is 16.8 Å². The zero-order valence-corrected chi connectivity index (χ0v) is 11.7. The van der Waals surface area contributed by atoms with E-state index in [4.69, 9.17) is 11.6 Å². The molecule has 0 aromatic carbocycles. The zero-order chi connectivity index (χ0) is 14.1. The first kappa shape index (κ1) is 13.5. The molecule has 1 aliphatic carbocycles. The molecule has 1 saturated heterocycles. The minimum Gasteiger partial charge on any atom is -0.364 e. The van der Waals surface area contributed by atoms with E-state index >= 15 is 0 Å². The Bertz CT molecular complexity index is 523. The molecule has 2 heterocycles. The van der Waals surface area contributed by atoms with E-state index in [1.54, 1.807) is 0 Å². The fraction of sp³-hybridized carbons (Fsp3) is 0.667. The number of aromatic nitrogens is 2. The minimum atomic E-state index is -0.496. The predicted octanol–water partition coefficient (Wildman–Crippen LogP) is 1.93. The summed E-state index contributed by atoms with van der Waals surface area (Å²) in [5, 5.41) is 14.0. The largest absolute Gasteiger partial charge is 0.364 e. The molecule has 1 aliphatic heterocycles. The van der Waals surface area contributed by atoms with Gasteiger partial charge in [0, 0.05) is 19.1 Å². The fourth-order valence-corrected chi connectivity index (χ4v) is 2.79. The maximum Gasteiger partial charge on any atom is 0.329 e. The van der Waals surface area contributed by atoms with Crippen LogP contribution >= 0.6 is 11.6 Å². The molecule has 1 unspecified atom stereocenters. The Morgan fingerprint density at radius 1 is 1.50 bits per heavy atom. The van der Waals surface area contributed by atoms with E-state index in [1.807, 2.05) is 0 Å². The summed E-state index contributed by atoms with van der Waals surface area (Å²) < 4.78 is 0. The summed E-state index contributed by atoms with van der Waals surface area (Å²) in [5.74, 6) is 0.712. The number of nitrogens with zero attached hydrogens (tertiary/aromatic N) is 4. The summed E-state index contributed by atoms with van der Waals surface area (Å²) >= 11 is 5.70. The number of hydrogen-bond donors (Lipinski definition) is 1. The number of rotatable bonds is 5. The first-order valence-corrected chi connectivity index (χ1v) is 7.16. The van der Waals surface area contributed by atoms with E-state index in [0.717, 1.165) is 31.7 Å². The number of halogens is 1. The quantitative estimate of drug-likeness (QED) is 0.508. The second-order valence-corrected chi connectivity index (χ2v) is 5.73. The van der Waals surface area contributed by atoms with E-state index in [1.165, 1.54) is 12.8 Å². The number of likely N-dealkylation sites (tertiary alicyclic amines) is 1. The molecule has 20 heavy (non-hydrogen) atoms. The minimum absolute atomic E-state index is 0.0177. The standard InChI is InChI=1S/C12H16ClN5O2/c13-12-15-6-10(18(19)20)11(16-12)14-5-8-3-4-17(7-8)9-1-2-9/h6,8-9H,1-5,7H2,(H,14,15,16). The van der Waals surface area contributed by atoms with Crippen molar-refractivity contribution in [3.63, 3.8) is 0 Å². The van der Waals surface area contributed by atoms with Gasteiger partial charge in [-0.2, -0.15) is 4.98 Å². The van der Waals surface area contributed by atoms with Crippen LogP contribution in [-0.2, 0) is 0 Å². The molecule has 0 amide bonds. The van der Waals surface area contributed by atoms with Crippen molar-refractivity contribution in [1.82, 2.24) is 14.9 Å². The molecule has 1 aromatic rings. The van der Waals surface area contributed by atoms with Crippen molar-refractivity contribution >= 4 is 23.1 Å². The molecule has 3 rings (SSSR count). The summed E-state index contributed by atoms with van der Waals surface area (Å²) in [6, 6.07) is 0.780. The van der Waals surface area contributed by atoms with E-state index < -0.39 is 4.92 Å². The van der Waals surface area contributed by atoms with Gasteiger partial charge in [-0.15, -0.1) is 0 Å². The number of nitrogens with one attached hydrogen (secondary N) is 1. The van der Waals surface area contributed by atoms with Crippen LogP contribution < -0.4 is 5.32 Å². The van der Waals surface area contributed by atoms with Crippen molar-refractivity contribution < 1.29 is 4.92 Å². The number of nitro groups is 1. The molecule has 7 nitrogen and oxygen atoms in total. The molecule has 2 fully saturated rings. The highest BCUT2D eigenvalue weighted by atomic mass is 35.5. The lowest BCUT2D eigenvalue weighted by Gasteiger charge is -2.15. The molecule has 8 heteroatoms. The van der Waals surface area contributed by atoms with E-state index in [0.29, 0.717) is 12.5 Å². The molecule has 1 saturated carbocycles. The van der Waals surface area contributed by atoms with Gasteiger partial charge in [0.15, 0.2) is 0 Å². The highest BCUT2D eigenvalue weighted by Gasteiger charge is 2.34. The van der Waals surface area contributed by atoms with Gasteiger partial charge in [0.2, 0.25) is 11.1 Å². The molecule has 1 aromatic heterocycles. The molecular formula is C12H16ClN5O2. The van der Waals surface area contributed by atoms with Crippen LogP contribution in [-0.4, -0.2) is 45.5 Å². The van der Waals surface area contributed by atoms with Gasteiger partial charge >= 0.3 is 5.69 Å². The van der Waals surface area contributed by atoms with Gasteiger partial charge in [0.25, 0.3) is 0 Å². The summed E-state index contributed by atoms with van der Waals surface area (Å²) in [6.07, 6.45) is 4.89. The Labute approximate surface area is 121 Å². The fourth-order valence-electron chi connectivity index (χ4n) is 2.66. The van der Waals surface area contributed by atoms with Crippen molar-refractivity contribution in [2.75, 3.05) is 25.0 Å². The third-order valence-corrected chi connectivity index (χ3v) is 4.06. The number of anilines is 1. The van der Waals surface area contributed by atoms with Crippen LogP contribution in [0.15, 0.2) is 6.20 Å². The van der Waals surface area contributed by atoms with Crippen LogP contribution in [0.3, 0.4) is 0 Å². The Hall–Kier alpha value is -1.47. The molecule has 2 aliphatic rings. The first-order chi connectivity index (χ1) is 9.63. The SMILES string of the molecule is O=[N+]([O-])c1cnc(Cl)nc1NCC1CCN(C2CC2)C1. The lowest BCUT2D eigenvalue weighted by atomic mass is 10.1. The van der Waals surface area contributed by atoms with Gasteiger partial charge in [0.05, 0.1) is 4.92 Å². The van der Waals surface area contributed by atoms with Gasteiger partial charge < -0.3 is 10.2 Å². The molecule has 1 atom stereocenters. The highest BCUT2D eigenvalue weighted by molar-refractivity contribution is 6.28. The molecular weight excluding hydrogens is 282 g/mol. The average molecular weight is 298 g/mol. The Morgan fingerprint density at radius 2 is 2.30 bits per heavy atom. The van der Waals surface area contributed by atoms with Crippen LogP contribution in [0.1, 0.15) is 19.3 Å². The highest BCUT2D eigenvalue weighted by Crippen LogP contribution is 2.32. The third kappa shape index (κ3) is 2.99. The van der Waals surface area contributed by atoms with Crippen molar-refractivity contribution in [1.29, 1.82) is 0 Å². The van der Waals surface area contributed by atoms with Gasteiger partial charge in [-0.3, -0.25) is 10.1 Å². The lowest BCUT2D eigenvalue weighted by Crippen LogP contribution is -2.25. The van der Waals surface area contributed by atoms with Crippen LogP contribution in [0.4, 0.5) is 11.5 Å². The summed E-state index contributed by atoms with van der Waals surface area (Å²) in [7, 11) is 0. The van der Waals surface area contributed by atoms with Crippen molar-refractivity contribution in [2.24, 2.45) is 5.92 Å². The van der Waals surface area contributed by atoms with Gasteiger partial charge in [-0.05, 0) is 43.3 Å². The first-order valence-electron chi connectivity index (χ1n) is 6.78. The topological polar surface area (TPSA) is 84.2 Å². The van der Waals surface area contributed by atoms with Crippen LogP contribution in [0.5, 0.6) is 0 Å². The molecule has 1 N–H and O–H groups in total. The molecule has 0 spiro atoms. The Morgan fingerprint density at radius 3 is 3.00 bits per heavy atom. The van der Waals surface area contributed by atoms with Crippen molar-refractivity contribution in [2.45, 2.75) is 25.3 Å². The smallest absolute Gasteiger partial charge is 0.329 e. The Kier molecular flexibility index (Phi) is 3.71. The molecule has 0 bridgehead atoms. The van der Waals surface area contributed by atoms with E-state index in [2.05, 4.69) is 20.2 Å². The maximum atomic E-state index is 10.9. The van der Waals surface area contributed by atoms with Gasteiger partial charge in [0.1, 0.15) is 6.20 Å². The second kappa shape index (κ2) is 5.49. The van der Waals surface area contributed by atoms with E-state index in [9.17, 15) is 10.1 Å². The van der Waals surface area contributed by atoms with Crippen LogP contribution in [0.25, 0.3) is 0 Å². The van der Waals surface area contributed by atoms with Gasteiger partial charge in [-0.25, -0.2) is 4.98 Å². The second-order valence-electron chi connectivity index (χ2n) is 5.39. The van der Waals surface area contributed by atoms with Crippen LogP contribution in [0, 0.1) is 16.0 Å². The molecule has 108 valence electrons. The molecule has 0 radical (unpaired) electrons. The predicted molar refractivity (Wildman–Crippen MR) is 74.9 cm³/mol. The number of hydrogen-bond acceptors (Lipinski definition) is 6. The Balaban J connectivity index is 1.60.